The average molecular weight is 457 g/mol. The number of hydrogen-bond donors (Lipinski definition) is 0. The quantitative estimate of drug-likeness (QED) is 0.311. The van der Waals surface area contributed by atoms with Crippen molar-refractivity contribution in [3.8, 4) is 22.6 Å². The fourth-order valence-electron chi connectivity index (χ4n) is 3.55. The largest absolute Gasteiger partial charge is 0.457 e. The maximum atomic E-state index is 12.8. The monoisotopic (exact) mass is 456 g/mol. The molecule has 0 spiro atoms. The Balaban J connectivity index is 1.47. The lowest BCUT2D eigenvalue weighted by Gasteiger charge is -2.19. The third kappa shape index (κ3) is 5.18. The zero-order chi connectivity index (χ0) is 23.6. The van der Waals surface area contributed by atoms with Gasteiger partial charge in [0.1, 0.15) is 11.5 Å². The predicted molar refractivity (Wildman–Crippen MR) is 134 cm³/mol. The molecule has 0 saturated heterocycles. The van der Waals surface area contributed by atoms with Crippen LogP contribution in [0.4, 0.5) is 0 Å². The Bertz CT molecular complexity index is 1330. The van der Waals surface area contributed by atoms with E-state index >= 15 is 0 Å². The summed E-state index contributed by atoms with van der Waals surface area (Å²) in [5.41, 5.74) is 4.72. The molecular weight excluding hydrogens is 428 g/mol. The summed E-state index contributed by atoms with van der Waals surface area (Å²) in [7, 11) is -3.55. The Kier molecular flexibility index (Phi) is 6.13. The van der Waals surface area contributed by atoms with Crippen molar-refractivity contribution in [2.24, 2.45) is 0 Å². The minimum atomic E-state index is -3.55. The molecule has 4 rings (SSSR count). The standard InChI is InChI=1S/C29H28O3S/c1-21-5-17-27(18-6-21)33(30,31)28-19-15-26(16-20-28)32-25-13-9-23(10-14-25)22-7-11-24(12-8-22)29(2,3)4/h5-20H,1-4H3. The molecule has 0 aliphatic carbocycles. The molecule has 0 radical (unpaired) electrons. The maximum Gasteiger partial charge on any atom is 0.206 e. The molecule has 0 N–H and O–H groups in total. The molecule has 33 heavy (non-hydrogen) atoms. The van der Waals surface area contributed by atoms with Crippen molar-refractivity contribution in [3.63, 3.8) is 0 Å². The second kappa shape index (κ2) is 8.87. The lowest BCUT2D eigenvalue weighted by molar-refractivity contribution is 0.482. The summed E-state index contributed by atoms with van der Waals surface area (Å²) in [5, 5.41) is 0. The molecule has 0 atom stereocenters. The minimum absolute atomic E-state index is 0.130. The Labute approximate surface area is 196 Å². The van der Waals surface area contributed by atoms with Crippen molar-refractivity contribution in [2.75, 3.05) is 0 Å². The minimum Gasteiger partial charge on any atom is -0.457 e. The zero-order valence-electron chi connectivity index (χ0n) is 19.4. The zero-order valence-corrected chi connectivity index (χ0v) is 20.2. The lowest BCUT2D eigenvalue weighted by Crippen LogP contribution is -2.10. The van der Waals surface area contributed by atoms with E-state index in [-0.39, 0.29) is 15.2 Å². The van der Waals surface area contributed by atoms with E-state index in [9.17, 15) is 8.42 Å². The fourth-order valence-corrected chi connectivity index (χ4v) is 4.82. The van der Waals surface area contributed by atoms with Gasteiger partial charge in [-0.2, -0.15) is 0 Å². The molecular formula is C29H28O3S. The number of aryl methyl sites for hydroxylation is 1. The molecule has 3 nitrogen and oxygen atoms in total. The van der Waals surface area contributed by atoms with Gasteiger partial charge in [-0.25, -0.2) is 8.42 Å². The van der Waals surface area contributed by atoms with Gasteiger partial charge in [-0.1, -0.05) is 74.9 Å². The van der Waals surface area contributed by atoms with Crippen LogP contribution in [0.3, 0.4) is 0 Å². The molecule has 0 amide bonds. The summed E-state index contributed by atoms with van der Waals surface area (Å²) in [6.07, 6.45) is 0. The summed E-state index contributed by atoms with van der Waals surface area (Å²) in [5.74, 6) is 1.28. The number of rotatable bonds is 5. The number of benzene rings is 4. The molecule has 0 aliphatic heterocycles. The molecule has 0 heterocycles. The van der Waals surface area contributed by atoms with Crippen molar-refractivity contribution < 1.29 is 13.2 Å². The fraction of sp³-hybridized carbons (Fsp3) is 0.172. The van der Waals surface area contributed by atoms with Crippen LogP contribution >= 0.6 is 0 Å². The molecule has 0 fully saturated rings. The van der Waals surface area contributed by atoms with Crippen LogP contribution < -0.4 is 4.74 Å². The molecule has 0 aromatic heterocycles. The Morgan fingerprint density at radius 1 is 0.576 bits per heavy atom. The molecule has 4 heteroatoms. The first-order valence-corrected chi connectivity index (χ1v) is 12.4. The summed E-state index contributed by atoms with van der Waals surface area (Å²) < 4.78 is 31.6. The molecule has 168 valence electrons. The summed E-state index contributed by atoms with van der Waals surface area (Å²) in [6.45, 7) is 8.55. The van der Waals surface area contributed by atoms with Crippen molar-refractivity contribution in [2.45, 2.75) is 42.9 Å². The van der Waals surface area contributed by atoms with Crippen LogP contribution in [0.25, 0.3) is 11.1 Å². The van der Waals surface area contributed by atoms with Crippen molar-refractivity contribution in [3.05, 3.63) is 108 Å². The highest BCUT2D eigenvalue weighted by Gasteiger charge is 2.17. The summed E-state index contributed by atoms with van der Waals surface area (Å²) in [6, 6.07) is 29.9. The van der Waals surface area contributed by atoms with Crippen LogP contribution in [0.1, 0.15) is 31.9 Å². The van der Waals surface area contributed by atoms with Gasteiger partial charge in [0.15, 0.2) is 0 Å². The van der Waals surface area contributed by atoms with Crippen molar-refractivity contribution in [1.82, 2.24) is 0 Å². The normalized spacial score (nSPS) is 11.9. The van der Waals surface area contributed by atoms with E-state index in [1.54, 1.807) is 48.5 Å². The highest BCUT2D eigenvalue weighted by atomic mass is 32.2. The highest BCUT2D eigenvalue weighted by Crippen LogP contribution is 2.30. The van der Waals surface area contributed by atoms with Gasteiger partial charge in [-0.15, -0.1) is 0 Å². The maximum absolute atomic E-state index is 12.8. The lowest BCUT2D eigenvalue weighted by atomic mass is 9.86. The predicted octanol–water partition coefficient (Wildman–Crippen LogP) is 7.58. The van der Waals surface area contributed by atoms with E-state index in [1.165, 1.54) is 5.56 Å². The number of sulfone groups is 1. The first kappa shape index (κ1) is 22.8. The molecule has 4 aromatic rings. The molecule has 4 aromatic carbocycles. The smallest absolute Gasteiger partial charge is 0.206 e. The molecule has 0 saturated carbocycles. The van der Waals surface area contributed by atoms with Crippen LogP contribution in [-0.4, -0.2) is 8.42 Å². The van der Waals surface area contributed by atoms with Crippen molar-refractivity contribution in [1.29, 1.82) is 0 Å². The van der Waals surface area contributed by atoms with Crippen LogP contribution in [0.2, 0.25) is 0 Å². The Morgan fingerprint density at radius 2 is 0.970 bits per heavy atom. The van der Waals surface area contributed by atoms with Gasteiger partial charge >= 0.3 is 0 Å². The van der Waals surface area contributed by atoms with Gasteiger partial charge in [-0.05, 0) is 77.6 Å². The van der Waals surface area contributed by atoms with E-state index in [2.05, 4.69) is 45.0 Å². The van der Waals surface area contributed by atoms with Gasteiger partial charge in [-0.3, -0.25) is 0 Å². The van der Waals surface area contributed by atoms with Crippen LogP contribution in [0.15, 0.2) is 107 Å². The third-order valence-electron chi connectivity index (χ3n) is 5.64. The Morgan fingerprint density at radius 3 is 1.42 bits per heavy atom. The first-order valence-electron chi connectivity index (χ1n) is 10.9. The van der Waals surface area contributed by atoms with E-state index in [0.717, 1.165) is 16.7 Å². The van der Waals surface area contributed by atoms with Gasteiger partial charge in [0, 0.05) is 0 Å². The van der Waals surface area contributed by atoms with Crippen LogP contribution in [0.5, 0.6) is 11.5 Å². The highest BCUT2D eigenvalue weighted by molar-refractivity contribution is 7.91. The van der Waals surface area contributed by atoms with Gasteiger partial charge in [0.2, 0.25) is 9.84 Å². The van der Waals surface area contributed by atoms with Crippen LogP contribution in [0, 0.1) is 6.92 Å². The van der Waals surface area contributed by atoms with Gasteiger partial charge < -0.3 is 4.74 Å². The van der Waals surface area contributed by atoms with E-state index < -0.39 is 9.84 Å². The van der Waals surface area contributed by atoms with E-state index in [4.69, 9.17) is 4.74 Å². The Hall–Kier alpha value is -3.37. The second-order valence-corrected chi connectivity index (χ2v) is 11.2. The first-order chi connectivity index (χ1) is 15.6. The van der Waals surface area contributed by atoms with Crippen LogP contribution in [-0.2, 0) is 15.3 Å². The molecule has 0 aliphatic rings. The third-order valence-corrected chi connectivity index (χ3v) is 7.43. The summed E-state index contributed by atoms with van der Waals surface area (Å²) in [4.78, 5) is 0.528. The number of ether oxygens (including phenoxy) is 1. The van der Waals surface area contributed by atoms with Crippen molar-refractivity contribution >= 4 is 9.84 Å². The topological polar surface area (TPSA) is 43.4 Å². The van der Waals surface area contributed by atoms with Gasteiger partial charge in [0.05, 0.1) is 9.79 Å². The van der Waals surface area contributed by atoms with E-state index in [1.807, 2.05) is 31.2 Å². The summed E-state index contributed by atoms with van der Waals surface area (Å²) >= 11 is 0. The average Bonchev–Trinajstić information content (AvgIpc) is 2.80. The SMILES string of the molecule is Cc1ccc(S(=O)(=O)c2ccc(Oc3ccc(-c4ccc(C(C)(C)C)cc4)cc3)cc2)cc1. The van der Waals surface area contributed by atoms with E-state index in [0.29, 0.717) is 11.5 Å². The number of hydrogen-bond acceptors (Lipinski definition) is 3. The second-order valence-electron chi connectivity index (χ2n) is 9.24. The molecule has 0 unspecified atom stereocenters. The van der Waals surface area contributed by atoms with Gasteiger partial charge in [0.25, 0.3) is 0 Å². The molecule has 0 bridgehead atoms.